The molecular weight excluding hydrogens is 378 g/mol. The first kappa shape index (κ1) is 20.4. The standard InChI is InChI=1S/C20H26ClN5O2/c1-20(2,3)28-19(27)26(18-13-17(21)22-14-23-18)16-7-5-15(6-8-16)25-11-9-24(4)10-12-25/h5-8,13-14H,9-12H2,1-4H3. The summed E-state index contributed by atoms with van der Waals surface area (Å²) in [5, 5.41) is 0.257. The van der Waals surface area contributed by atoms with E-state index in [0.717, 1.165) is 31.9 Å². The Labute approximate surface area is 170 Å². The maximum Gasteiger partial charge on any atom is 0.420 e. The molecular formula is C20H26ClN5O2. The summed E-state index contributed by atoms with van der Waals surface area (Å²) in [4.78, 5) is 27.0. The smallest absolute Gasteiger partial charge is 0.420 e. The number of piperazine rings is 1. The average molecular weight is 404 g/mol. The number of hydrogen-bond acceptors (Lipinski definition) is 6. The number of amides is 1. The van der Waals surface area contributed by atoms with E-state index >= 15 is 0 Å². The number of aromatic nitrogens is 2. The van der Waals surface area contributed by atoms with Crippen molar-refractivity contribution in [3.05, 3.63) is 41.8 Å². The molecule has 7 nitrogen and oxygen atoms in total. The van der Waals surface area contributed by atoms with Gasteiger partial charge in [-0.05, 0) is 52.1 Å². The molecule has 1 aromatic heterocycles. The third-order valence-electron chi connectivity index (χ3n) is 4.40. The molecule has 0 bridgehead atoms. The van der Waals surface area contributed by atoms with Gasteiger partial charge in [0, 0.05) is 37.9 Å². The van der Waals surface area contributed by atoms with Crippen molar-refractivity contribution in [3.8, 4) is 0 Å². The second-order valence-corrected chi connectivity index (χ2v) is 8.21. The molecule has 1 saturated heterocycles. The number of hydrogen-bond donors (Lipinski definition) is 0. The summed E-state index contributed by atoms with van der Waals surface area (Å²) in [6.45, 7) is 9.50. The van der Waals surface area contributed by atoms with Gasteiger partial charge in [-0.2, -0.15) is 0 Å². The number of carbonyl (C=O) groups excluding carboxylic acids is 1. The van der Waals surface area contributed by atoms with Gasteiger partial charge in [0.05, 0.1) is 5.69 Å². The van der Waals surface area contributed by atoms with Crippen molar-refractivity contribution in [1.82, 2.24) is 14.9 Å². The van der Waals surface area contributed by atoms with Crippen LogP contribution < -0.4 is 9.80 Å². The molecule has 28 heavy (non-hydrogen) atoms. The Morgan fingerprint density at radius 2 is 1.75 bits per heavy atom. The molecule has 1 aliphatic rings. The zero-order chi connectivity index (χ0) is 20.3. The van der Waals surface area contributed by atoms with Gasteiger partial charge in [-0.3, -0.25) is 0 Å². The first-order valence-corrected chi connectivity index (χ1v) is 9.65. The molecule has 1 aliphatic heterocycles. The molecule has 150 valence electrons. The first-order chi connectivity index (χ1) is 13.2. The predicted octanol–water partition coefficient (Wildman–Crippen LogP) is 3.96. The van der Waals surface area contributed by atoms with Gasteiger partial charge in [-0.1, -0.05) is 11.6 Å². The highest BCUT2D eigenvalue weighted by Crippen LogP contribution is 2.29. The molecule has 0 spiro atoms. The number of nitrogens with zero attached hydrogens (tertiary/aromatic N) is 5. The number of rotatable bonds is 3. The molecule has 0 radical (unpaired) electrons. The van der Waals surface area contributed by atoms with E-state index < -0.39 is 11.7 Å². The molecule has 1 fully saturated rings. The minimum atomic E-state index is -0.633. The summed E-state index contributed by atoms with van der Waals surface area (Å²) in [6, 6.07) is 9.36. The lowest BCUT2D eigenvalue weighted by Crippen LogP contribution is -2.44. The van der Waals surface area contributed by atoms with E-state index in [1.807, 2.05) is 45.0 Å². The predicted molar refractivity (Wildman–Crippen MR) is 112 cm³/mol. The van der Waals surface area contributed by atoms with Crippen molar-refractivity contribution in [3.63, 3.8) is 0 Å². The third-order valence-corrected chi connectivity index (χ3v) is 4.61. The van der Waals surface area contributed by atoms with Gasteiger partial charge in [-0.25, -0.2) is 19.7 Å². The van der Waals surface area contributed by atoms with E-state index in [0.29, 0.717) is 11.5 Å². The van der Waals surface area contributed by atoms with Crippen LogP contribution in [0.4, 0.5) is 22.0 Å². The number of likely N-dealkylation sites (N-methyl/N-ethyl adjacent to an activating group) is 1. The summed E-state index contributed by atoms with van der Waals surface area (Å²) in [7, 11) is 2.13. The van der Waals surface area contributed by atoms with Crippen LogP contribution in [0.2, 0.25) is 5.15 Å². The molecule has 3 rings (SSSR count). The molecule has 0 N–H and O–H groups in total. The number of halogens is 1. The second kappa shape index (κ2) is 8.32. The first-order valence-electron chi connectivity index (χ1n) is 9.27. The van der Waals surface area contributed by atoms with Crippen LogP contribution in [-0.4, -0.2) is 59.8 Å². The molecule has 8 heteroatoms. The Balaban J connectivity index is 1.88. The van der Waals surface area contributed by atoms with Gasteiger partial charge in [-0.15, -0.1) is 0 Å². The van der Waals surface area contributed by atoms with Crippen molar-refractivity contribution < 1.29 is 9.53 Å². The summed E-state index contributed by atoms with van der Waals surface area (Å²) < 4.78 is 5.57. The van der Waals surface area contributed by atoms with Gasteiger partial charge < -0.3 is 14.5 Å². The number of carbonyl (C=O) groups is 1. The average Bonchev–Trinajstić information content (AvgIpc) is 2.62. The normalized spacial score (nSPS) is 15.4. The van der Waals surface area contributed by atoms with E-state index in [9.17, 15) is 4.79 Å². The highest BCUT2D eigenvalue weighted by Gasteiger charge is 2.26. The molecule has 0 aliphatic carbocycles. The Morgan fingerprint density at radius 1 is 1.11 bits per heavy atom. The van der Waals surface area contributed by atoms with Crippen molar-refractivity contribution >= 4 is 34.9 Å². The van der Waals surface area contributed by atoms with Crippen molar-refractivity contribution in [2.24, 2.45) is 0 Å². The topological polar surface area (TPSA) is 61.8 Å². The summed E-state index contributed by atoms with van der Waals surface area (Å²) in [6.07, 6.45) is 0.808. The Morgan fingerprint density at radius 3 is 2.32 bits per heavy atom. The zero-order valence-corrected chi connectivity index (χ0v) is 17.5. The van der Waals surface area contributed by atoms with E-state index in [1.54, 1.807) is 6.07 Å². The minimum Gasteiger partial charge on any atom is -0.443 e. The molecule has 2 aromatic rings. The van der Waals surface area contributed by atoms with Crippen LogP contribution in [0.3, 0.4) is 0 Å². The van der Waals surface area contributed by atoms with Crippen molar-refractivity contribution in [1.29, 1.82) is 0 Å². The van der Waals surface area contributed by atoms with Crippen LogP contribution in [-0.2, 0) is 4.74 Å². The van der Waals surface area contributed by atoms with E-state index in [2.05, 4.69) is 26.8 Å². The van der Waals surface area contributed by atoms with Crippen LogP contribution in [0.25, 0.3) is 0 Å². The lowest BCUT2D eigenvalue weighted by molar-refractivity contribution is 0.0598. The van der Waals surface area contributed by atoms with Crippen LogP contribution >= 0.6 is 11.6 Å². The SMILES string of the molecule is CN1CCN(c2ccc(N(C(=O)OC(C)(C)C)c3cc(Cl)ncn3)cc2)CC1. The van der Waals surface area contributed by atoms with Crippen LogP contribution in [0.15, 0.2) is 36.7 Å². The van der Waals surface area contributed by atoms with Gasteiger partial charge in [0.1, 0.15) is 22.9 Å². The minimum absolute atomic E-state index is 0.257. The largest absolute Gasteiger partial charge is 0.443 e. The number of anilines is 3. The number of benzene rings is 1. The highest BCUT2D eigenvalue weighted by molar-refractivity contribution is 6.29. The van der Waals surface area contributed by atoms with Gasteiger partial charge in [0.2, 0.25) is 0 Å². The lowest BCUT2D eigenvalue weighted by Gasteiger charge is -2.34. The number of ether oxygens (including phenoxy) is 1. The monoisotopic (exact) mass is 403 g/mol. The zero-order valence-electron chi connectivity index (χ0n) is 16.7. The molecule has 1 aromatic carbocycles. The second-order valence-electron chi connectivity index (χ2n) is 7.82. The Hall–Kier alpha value is -2.38. The third kappa shape index (κ3) is 5.11. The Bertz CT molecular complexity index is 814. The maximum atomic E-state index is 12.9. The maximum absolute atomic E-state index is 12.9. The van der Waals surface area contributed by atoms with E-state index in [4.69, 9.17) is 16.3 Å². The lowest BCUT2D eigenvalue weighted by atomic mass is 10.2. The molecule has 0 atom stereocenters. The molecule has 2 heterocycles. The fourth-order valence-corrected chi connectivity index (χ4v) is 3.10. The fourth-order valence-electron chi connectivity index (χ4n) is 2.96. The molecule has 1 amide bonds. The molecule has 0 saturated carbocycles. The van der Waals surface area contributed by atoms with Crippen molar-refractivity contribution in [2.75, 3.05) is 43.0 Å². The summed E-state index contributed by atoms with van der Waals surface area (Å²) >= 11 is 6.01. The van der Waals surface area contributed by atoms with E-state index in [-0.39, 0.29) is 5.15 Å². The Kier molecular flexibility index (Phi) is 6.05. The fraction of sp³-hybridized carbons (Fsp3) is 0.450. The van der Waals surface area contributed by atoms with Crippen molar-refractivity contribution in [2.45, 2.75) is 26.4 Å². The highest BCUT2D eigenvalue weighted by atomic mass is 35.5. The van der Waals surface area contributed by atoms with Crippen LogP contribution in [0, 0.1) is 0 Å². The van der Waals surface area contributed by atoms with Gasteiger partial charge >= 0.3 is 6.09 Å². The van der Waals surface area contributed by atoms with Crippen LogP contribution in [0.1, 0.15) is 20.8 Å². The van der Waals surface area contributed by atoms with Gasteiger partial charge in [0.15, 0.2) is 0 Å². The molecule has 0 unspecified atom stereocenters. The quantitative estimate of drug-likeness (QED) is 0.723. The summed E-state index contributed by atoms with van der Waals surface area (Å²) in [5.41, 5.74) is 1.15. The van der Waals surface area contributed by atoms with E-state index in [1.165, 1.54) is 11.2 Å². The van der Waals surface area contributed by atoms with Gasteiger partial charge in [0.25, 0.3) is 0 Å². The summed E-state index contributed by atoms with van der Waals surface area (Å²) in [5.74, 6) is 0.363. The van der Waals surface area contributed by atoms with Crippen LogP contribution in [0.5, 0.6) is 0 Å².